The monoisotopic (exact) mass is 163 g/mol. The lowest BCUT2D eigenvalue weighted by Gasteiger charge is -2.18. The molecule has 1 fully saturated rings. The van der Waals surface area contributed by atoms with Gasteiger partial charge < -0.3 is 5.73 Å². The summed E-state index contributed by atoms with van der Waals surface area (Å²) in [5.41, 5.74) is 8.89. The third kappa shape index (κ3) is 1.08. The first-order valence-corrected chi connectivity index (χ1v) is 4.78. The smallest absolute Gasteiger partial charge is 0.00836 e. The Morgan fingerprint density at radius 3 is 2.50 bits per heavy atom. The van der Waals surface area contributed by atoms with Gasteiger partial charge in [-0.05, 0) is 36.7 Å². The maximum Gasteiger partial charge on any atom is 0.00836 e. The maximum absolute atomic E-state index is 5.71. The highest BCUT2D eigenvalue weighted by molar-refractivity contribution is 5.31. The van der Waals surface area contributed by atoms with E-state index in [1.807, 2.05) is 0 Å². The minimum atomic E-state index is 0.525. The minimum Gasteiger partial charge on any atom is -0.402 e. The van der Waals surface area contributed by atoms with Gasteiger partial charge in [-0.3, -0.25) is 0 Å². The summed E-state index contributed by atoms with van der Waals surface area (Å²) < 4.78 is 0. The molecule has 0 radical (unpaired) electrons. The second-order valence-electron chi connectivity index (χ2n) is 4.46. The van der Waals surface area contributed by atoms with Crippen molar-refractivity contribution < 1.29 is 0 Å². The summed E-state index contributed by atoms with van der Waals surface area (Å²) in [6.07, 6.45) is 7.93. The number of hydrogen-bond acceptors (Lipinski definition) is 1. The van der Waals surface area contributed by atoms with Crippen LogP contribution in [0.4, 0.5) is 0 Å². The van der Waals surface area contributed by atoms with E-state index < -0.39 is 0 Å². The lowest BCUT2D eigenvalue weighted by atomic mass is 9.88. The summed E-state index contributed by atoms with van der Waals surface area (Å²) >= 11 is 0. The normalized spacial score (nSPS) is 40.3. The van der Waals surface area contributed by atoms with E-state index in [1.165, 1.54) is 12.8 Å². The molecule has 0 saturated heterocycles. The van der Waals surface area contributed by atoms with Gasteiger partial charge in [0.2, 0.25) is 0 Å². The highest BCUT2D eigenvalue weighted by atomic mass is 14.6. The van der Waals surface area contributed by atoms with Crippen LogP contribution in [0, 0.1) is 11.3 Å². The molecule has 0 aromatic heterocycles. The highest BCUT2D eigenvalue weighted by Gasteiger charge is 2.48. The van der Waals surface area contributed by atoms with Crippen LogP contribution in [0.15, 0.2) is 23.4 Å². The Balaban J connectivity index is 2.16. The van der Waals surface area contributed by atoms with Gasteiger partial charge in [-0.2, -0.15) is 0 Å². The van der Waals surface area contributed by atoms with Crippen LogP contribution in [-0.2, 0) is 0 Å². The van der Waals surface area contributed by atoms with Crippen LogP contribution in [0.25, 0.3) is 0 Å². The molecule has 1 nitrogen and oxygen atoms in total. The number of hydrogen-bond donors (Lipinski definition) is 1. The molecule has 12 heavy (non-hydrogen) atoms. The van der Waals surface area contributed by atoms with Crippen LogP contribution in [0.1, 0.15) is 33.1 Å². The molecular formula is C11H17N. The Hall–Kier alpha value is -0.720. The molecule has 0 bridgehead atoms. The minimum absolute atomic E-state index is 0.525. The summed E-state index contributed by atoms with van der Waals surface area (Å²) in [6.45, 7) is 4.71. The van der Waals surface area contributed by atoms with E-state index in [0.29, 0.717) is 5.41 Å². The van der Waals surface area contributed by atoms with Crippen LogP contribution in [-0.4, -0.2) is 0 Å². The van der Waals surface area contributed by atoms with E-state index in [1.54, 1.807) is 5.57 Å². The predicted octanol–water partition coefficient (Wildman–Crippen LogP) is 2.60. The molecule has 0 aromatic carbocycles. The predicted molar refractivity (Wildman–Crippen MR) is 51.5 cm³/mol. The largest absolute Gasteiger partial charge is 0.402 e. The Morgan fingerprint density at radius 2 is 2.08 bits per heavy atom. The second-order valence-corrected chi connectivity index (χ2v) is 4.46. The van der Waals surface area contributed by atoms with Gasteiger partial charge in [-0.1, -0.05) is 25.5 Å². The highest BCUT2D eigenvalue weighted by Crippen LogP contribution is 2.58. The average molecular weight is 163 g/mol. The molecule has 1 saturated carbocycles. The Morgan fingerprint density at radius 1 is 1.42 bits per heavy atom. The molecule has 0 spiro atoms. The number of rotatable bonds is 1. The topological polar surface area (TPSA) is 26.0 Å². The molecule has 66 valence electrons. The van der Waals surface area contributed by atoms with E-state index in [2.05, 4.69) is 26.0 Å². The van der Waals surface area contributed by atoms with Crippen LogP contribution >= 0.6 is 0 Å². The molecule has 2 aliphatic rings. The van der Waals surface area contributed by atoms with Gasteiger partial charge >= 0.3 is 0 Å². The summed E-state index contributed by atoms with van der Waals surface area (Å²) in [5.74, 6) is 0.886. The molecule has 0 aliphatic heterocycles. The van der Waals surface area contributed by atoms with Gasteiger partial charge in [0.25, 0.3) is 0 Å². The van der Waals surface area contributed by atoms with Crippen molar-refractivity contribution in [1.29, 1.82) is 0 Å². The molecular weight excluding hydrogens is 146 g/mol. The van der Waals surface area contributed by atoms with Crippen LogP contribution in [0.5, 0.6) is 0 Å². The zero-order valence-corrected chi connectivity index (χ0v) is 7.93. The quantitative estimate of drug-likeness (QED) is 0.631. The van der Waals surface area contributed by atoms with Crippen LogP contribution in [0.3, 0.4) is 0 Å². The first-order valence-electron chi connectivity index (χ1n) is 4.78. The van der Waals surface area contributed by atoms with Crippen molar-refractivity contribution in [2.45, 2.75) is 33.1 Å². The van der Waals surface area contributed by atoms with Crippen molar-refractivity contribution in [3.05, 3.63) is 23.4 Å². The third-order valence-electron chi connectivity index (χ3n) is 3.57. The number of nitrogens with two attached hydrogens (primary N) is 1. The first kappa shape index (κ1) is 7.90. The van der Waals surface area contributed by atoms with E-state index >= 15 is 0 Å². The summed E-state index contributed by atoms with van der Waals surface area (Å²) in [6, 6.07) is 0. The zero-order valence-electron chi connectivity index (χ0n) is 7.93. The summed E-state index contributed by atoms with van der Waals surface area (Å²) in [7, 11) is 0. The fourth-order valence-corrected chi connectivity index (χ4v) is 2.15. The van der Waals surface area contributed by atoms with E-state index in [-0.39, 0.29) is 0 Å². The fourth-order valence-electron chi connectivity index (χ4n) is 2.15. The van der Waals surface area contributed by atoms with E-state index in [4.69, 9.17) is 5.73 Å². The molecule has 0 amide bonds. The standard InChI is InChI=1S/C11H17N/c1-8-7-11(8,2)9-3-5-10(12)6-4-9/h3,5,8H,4,6-7,12H2,1-2H3. The van der Waals surface area contributed by atoms with Crippen molar-refractivity contribution in [2.75, 3.05) is 0 Å². The Kier molecular flexibility index (Phi) is 1.57. The Bertz CT molecular complexity index is 262. The zero-order chi connectivity index (χ0) is 8.77. The van der Waals surface area contributed by atoms with Gasteiger partial charge in [0, 0.05) is 5.70 Å². The molecule has 0 heterocycles. The van der Waals surface area contributed by atoms with Crippen molar-refractivity contribution in [1.82, 2.24) is 0 Å². The van der Waals surface area contributed by atoms with Gasteiger partial charge in [-0.25, -0.2) is 0 Å². The molecule has 2 aliphatic carbocycles. The van der Waals surface area contributed by atoms with Gasteiger partial charge in [0.1, 0.15) is 0 Å². The van der Waals surface area contributed by atoms with E-state index in [0.717, 1.165) is 18.0 Å². The lowest BCUT2D eigenvalue weighted by molar-refractivity contribution is 0.582. The van der Waals surface area contributed by atoms with Crippen molar-refractivity contribution in [3.8, 4) is 0 Å². The van der Waals surface area contributed by atoms with Gasteiger partial charge in [-0.15, -0.1) is 0 Å². The fraction of sp³-hybridized carbons (Fsp3) is 0.636. The van der Waals surface area contributed by atoms with Crippen LogP contribution < -0.4 is 5.73 Å². The molecule has 2 N–H and O–H groups in total. The molecule has 1 heteroatoms. The summed E-state index contributed by atoms with van der Waals surface area (Å²) in [4.78, 5) is 0. The molecule has 2 rings (SSSR count). The molecule has 2 unspecified atom stereocenters. The second kappa shape index (κ2) is 2.38. The Labute approximate surface area is 74.3 Å². The molecule has 2 atom stereocenters. The molecule has 0 aromatic rings. The van der Waals surface area contributed by atoms with E-state index in [9.17, 15) is 0 Å². The van der Waals surface area contributed by atoms with Crippen molar-refractivity contribution in [2.24, 2.45) is 17.1 Å². The maximum atomic E-state index is 5.71. The summed E-state index contributed by atoms with van der Waals surface area (Å²) in [5, 5.41) is 0. The third-order valence-corrected chi connectivity index (χ3v) is 3.57. The SMILES string of the molecule is CC1CC1(C)C1=CC=C(N)CC1. The van der Waals surface area contributed by atoms with Gasteiger partial charge in [0.15, 0.2) is 0 Å². The lowest BCUT2D eigenvalue weighted by Crippen LogP contribution is -2.08. The van der Waals surface area contributed by atoms with Crippen molar-refractivity contribution in [3.63, 3.8) is 0 Å². The van der Waals surface area contributed by atoms with Gasteiger partial charge in [0.05, 0.1) is 0 Å². The van der Waals surface area contributed by atoms with Crippen molar-refractivity contribution >= 4 is 0 Å². The van der Waals surface area contributed by atoms with Crippen LogP contribution in [0.2, 0.25) is 0 Å². The number of allylic oxidation sites excluding steroid dienone is 4. The average Bonchev–Trinajstić information content (AvgIpc) is 2.62. The first-order chi connectivity index (χ1) is 5.63.